The first kappa shape index (κ1) is 10.3. The lowest BCUT2D eigenvalue weighted by molar-refractivity contribution is 0.0964. The van der Waals surface area contributed by atoms with Gasteiger partial charge in [-0.05, 0) is 26.3 Å². The molecule has 3 heteroatoms. The first-order valence-corrected chi connectivity index (χ1v) is 5.13. The Kier molecular flexibility index (Phi) is 4.33. The SMILES string of the molecule is COCC(C)N1CCCC1CCl. The van der Waals surface area contributed by atoms with Gasteiger partial charge in [-0.1, -0.05) is 0 Å². The third-order valence-electron chi connectivity index (χ3n) is 2.57. The smallest absolute Gasteiger partial charge is 0.0615 e. The highest BCUT2D eigenvalue weighted by molar-refractivity contribution is 6.18. The summed E-state index contributed by atoms with van der Waals surface area (Å²) in [7, 11) is 1.75. The third kappa shape index (κ3) is 2.35. The van der Waals surface area contributed by atoms with E-state index >= 15 is 0 Å². The van der Waals surface area contributed by atoms with Crippen LogP contribution in [0.25, 0.3) is 0 Å². The minimum atomic E-state index is 0.515. The molecule has 0 N–H and O–H groups in total. The number of hydrogen-bond donors (Lipinski definition) is 0. The average molecular weight is 192 g/mol. The molecule has 1 heterocycles. The first-order valence-electron chi connectivity index (χ1n) is 4.60. The fraction of sp³-hybridized carbons (Fsp3) is 1.00. The van der Waals surface area contributed by atoms with Gasteiger partial charge in [-0.25, -0.2) is 0 Å². The van der Waals surface area contributed by atoms with E-state index in [9.17, 15) is 0 Å². The van der Waals surface area contributed by atoms with Crippen molar-refractivity contribution in [1.82, 2.24) is 4.90 Å². The summed E-state index contributed by atoms with van der Waals surface area (Å²) in [6.07, 6.45) is 2.53. The van der Waals surface area contributed by atoms with Crippen molar-refractivity contribution < 1.29 is 4.74 Å². The van der Waals surface area contributed by atoms with Gasteiger partial charge in [0.2, 0.25) is 0 Å². The summed E-state index contributed by atoms with van der Waals surface area (Å²) < 4.78 is 5.12. The van der Waals surface area contributed by atoms with Crippen LogP contribution in [-0.4, -0.2) is 43.1 Å². The fourth-order valence-corrected chi connectivity index (χ4v) is 2.27. The summed E-state index contributed by atoms with van der Waals surface area (Å²) in [5.41, 5.74) is 0. The molecule has 1 aliphatic rings. The maximum Gasteiger partial charge on any atom is 0.0615 e. The average Bonchev–Trinajstić information content (AvgIpc) is 2.51. The van der Waals surface area contributed by atoms with E-state index in [0.29, 0.717) is 12.1 Å². The van der Waals surface area contributed by atoms with Gasteiger partial charge in [0.25, 0.3) is 0 Å². The molecule has 0 spiro atoms. The van der Waals surface area contributed by atoms with Gasteiger partial charge in [0.15, 0.2) is 0 Å². The Morgan fingerprint density at radius 3 is 3.00 bits per heavy atom. The molecule has 2 nitrogen and oxygen atoms in total. The summed E-state index contributed by atoms with van der Waals surface area (Å²) >= 11 is 5.86. The van der Waals surface area contributed by atoms with Crippen molar-refractivity contribution in [3.63, 3.8) is 0 Å². The van der Waals surface area contributed by atoms with Crippen LogP contribution in [-0.2, 0) is 4.74 Å². The highest BCUT2D eigenvalue weighted by Gasteiger charge is 2.27. The number of nitrogens with zero attached hydrogens (tertiary/aromatic N) is 1. The van der Waals surface area contributed by atoms with Crippen molar-refractivity contribution in [2.45, 2.75) is 31.8 Å². The number of hydrogen-bond acceptors (Lipinski definition) is 2. The lowest BCUT2D eigenvalue weighted by Crippen LogP contribution is -2.40. The monoisotopic (exact) mass is 191 g/mol. The van der Waals surface area contributed by atoms with E-state index in [1.165, 1.54) is 19.4 Å². The zero-order chi connectivity index (χ0) is 8.97. The van der Waals surface area contributed by atoms with Crippen LogP contribution >= 0.6 is 11.6 Å². The van der Waals surface area contributed by atoms with Gasteiger partial charge in [0.05, 0.1) is 6.61 Å². The van der Waals surface area contributed by atoms with E-state index in [1.54, 1.807) is 7.11 Å². The van der Waals surface area contributed by atoms with Crippen molar-refractivity contribution >= 4 is 11.6 Å². The number of halogens is 1. The van der Waals surface area contributed by atoms with Crippen LogP contribution in [0.5, 0.6) is 0 Å². The Balaban J connectivity index is 2.38. The molecule has 2 atom stereocenters. The number of alkyl halides is 1. The number of rotatable bonds is 4. The molecule has 2 unspecified atom stereocenters. The molecule has 0 radical (unpaired) electrons. The summed E-state index contributed by atoms with van der Waals surface area (Å²) in [6.45, 7) is 4.20. The van der Waals surface area contributed by atoms with Crippen LogP contribution in [0.3, 0.4) is 0 Å². The van der Waals surface area contributed by atoms with Crippen LogP contribution in [0.15, 0.2) is 0 Å². The van der Waals surface area contributed by atoms with Crippen LogP contribution in [0, 0.1) is 0 Å². The first-order chi connectivity index (χ1) is 5.79. The van der Waals surface area contributed by atoms with Crippen LogP contribution in [0.1, 0.15) is 19.8 Å². The topological polar surface area (TPSA) is 12.5 Å². The van der Waals surface area contributed by atoms with Gasteiger partial charge in [0.1, 0.15) is 0 Å². The highest BCUT2D eigenvalue weighted by atomic mass is 35.5. The van der Waals surface area contributed by atoms with E-state index in [0.717, 1.165) is 12.5 Å². The highest BCUT2D eigenvalue weighted by Crippen LogP contribution is 2.20. The van der Waals surface area contributed by atoms with E-state index in [4.69, 9.17) is 16.3 Å². The largest absolute Gasteiger partial charge is 0.383 e. The molecule has 0 saturated carbocycles. The van der Waals surface area contributed by atoms with E-state index < -0.39 is 0 Å². The van der Waals surface area contributed by atoms with Crippen molar-refractivity contribution in [2.75, 3.05) is 26.1 Å². The zero-order valence-electron chi connectivity index (χ0n) is 7.92. The molecule has 0 aromatic carbocycles. The Labute approximate surface area is 79.8 Å². The fourth-order valence-electron chi connectivity index (χ4n) is 1.94. The Morgan fingerprint density at radius 2 is 2.42 bits per heavy atom. The quantitative estimate of drug-likeness (QED) is 0.628. The summed E-state index contributed by atoms with van der Waals surface area (Å²) in [4.78, 5) is 2.45. The van der Waals surface area contributed by atoms with Crippen LogP contribution < -0.4 is 0 Å². The minimum absolute atomic E-state index is 0.515. The molecular weight excluding hydrogens is 174 g/mol. The molecule has 12 heavy (non-hydrogen) atoms. The van der Waals surface area contributed by atoms with Crippen molar-refractivity contribution in [3.05, 3.63) is 0 Å². The Hall–Kier alpha value is 0.210. The number of ether oxygens (including phenoxy) is 1. The van der Waals surface area contributed by atoms with Gasteiger partial charge in [0, 0.05) is 25.1 Å². The molecular formula is C9H18ClNO. The maximum atomic E-state index is 5.86. The molecule has 1 aliphatic heterocycles. The van der Waals surface area contributed by atoms with Crippen molar-refractivity contribution in [1.29, 1.82) is 0 Å². The summed E-state index contributed by atoms with van der Waals surface area (Å²) in [5.74, 6) is 0.758. The predicted molar refractivity (Wildman–Crippen MR) is 51.8 cm³/mol. The molecule has 0 bridgehead atoms. The molecule has 0 aliphatic carbocycles. The second-order valence-electron chi connectivity index (χ2n) is 3.49. The molecule has 0 aromatic rings. The van der Waals surface area contributed by atoms with Gasteiger partial charge in [-0.2, -0.15) is 0 Å². The zero-order valence-corrected chi connectivity index (χ0v) is 8.68. The van der Waals surface area contributed by atoms with E-state index in [2.05, 4.69) is 11.8 Å². The predicted octanol–water partition coefficient (Wildman–Crippen LogP) is 1.72. The summed E-state index contributed by atoms with van der Waals surface area (Å²) in [6, 6.07) is 1.10. The minimum Gasteiger partial charge on any atom is -0.383 e. The van der Waals surface area contributed by atoms with Gasteiger partial charge < -0.3 is 4.74 Å². The standard InChI is InChI=1S/C9H18ClNO/c1-8(7-12-2)11-5-3-4-9(11)6-10/h8-9H,3-7H2,1-2H3. The molecule has 0 amide bonds. The lowest BCUT2D eigenvalue weighted by atomic mass is 10.2. The van der Waals surface area contributed by atoms with Gasteiger partial charge in [-0.15, -0.1) is 11.6 Å². The van der Waals surface area contributed by atoms with E-state index in [1.807, 2.05) is 0 Å². The summed E-state index contributed by atoms with van der Waals surface area (Å²) in [5, 5.41) is 0. The second-order valence-corrected chi connectivity index (χ2v) is 3.80. The number of methoxy groups -OCH3 is 1. The maximum absolute atomic E-state index is 5.86. The van der Waals surface area contributed by atoms with Crippen LogP contribution in [0.2, 0.25) is 0 Å². The number of likely N-dealkylation sites (tertiary alicyclic amines) is 1. The normalized spacial score (nSPS) is 27.8. The molecule has 1 saturated heterocycles. The second kappa shape index (κ2) is 5.05. The van der Waals surface area contributed by atoms with Crippen molar-refractivity contribution in [3.8, 4) is 0 Å². The van der Waals surface area contributed by atoms with Gasteiger partial charge in [-0.3, -0.25) is 4.90 Å². The molecule has 72 valence electrons. The van der Waals surface area contributed by atoms with Gasteiger partial charge >= 0.3 is 0 Å². The van der Waals surface area contributed by atoms with E-state index in [-0.39, 0.29) is 0 Å². The Bertz CT molecular complexity index is 132. The molecule has 1 fully saturated rings. The lowest BCUT2D eigenvalue weighted by Gasteiger charge is -2.28. The third-order valence-corrected chi connectivity index (χ3v) is 2.93. The molecule has 0 aromatic heterocycles. The Morgan fingerprint density at radius 1 is 1.67 bits per heavy atom. The van der Waals surface area contributed by atoms with Crippen molar-refractivity contribution in [2.24, 2.45) is 0 Å². The molecule has 1 rings (SSSR count). The van der Waals surface area contributed by atoms with Crippen LogP contribution in [0.4, 0.5) is 0 Å².